The number of aryl methyl sites for hydroxylation is 1. The molecule has 0 bridgehead atoms. The third-order valence-electron chi connectivity index (χ3n) is 4.66. The number of hydrogen-bond acceptors (Lipinski definition) is 1. The van der Waals surface area contributed by atoms with Crippen LogP contribution in [0.5, 0.6) is 5.75 Å². The number of alkyl halides is 5. The highest BCUT2D eigenvalue weighted by atomic mass is 19.4. The van der Waals surface area contributed by atoms with Gasteiger partial charge in [0.2, 0.25) is 0 Å². The number of benzene rings is 3. The van der Waals surface area contributed by atoms with Gasteiger partial charge in [-0.1, -0.05) is 31.5 Å². The van der Waals surface area contributed by atoms with Gasteiger partial charge in [0.05, 0.1) is 0 Å². The van der Waals surface area contributed by atoms with Crippen molar-refractivity contribution in [1.29, 1.82) is 0 Å². The summed E-state index contributed by atoms with van der Waals surface area (Å²) in [6.45, 7) is 1.89. The highest BCUT2D eigenvalue weighted by molar-refractivity contribution is 5.85. The van der Waals surface area contributed by atoms with E-state index in [-0.39, 0.29) is 29.0 Å². The van der Waals surface area contributed by atoms with Crippen LogP contribution < -0.4 is 4.74 Å². The standard InChI is InChI=1S/C23H15F9O/c1-2-3-12-4-5-15-13(8-12)9-19(26)20(21(15)27)23(31,32)33-14-10-17(24)16(18(25)11-14)6-7-22(28,29)30/h4-11H,2-3H2,1H3. The number of halogens is 9. The molecule has 0 heterocycles. The number of allylic oxidation sites excluding steroid dienone is 1. The fraction of sp³-hybridized carbons (Fsp3) is 0.217. The van der Waals surface area contributed by atoms with Gasteiger partial charge in [0, 0.05) is 29.2 Å². The van der Waals surface area contributed by atoms with Gasteiger partial charge < -0.3 is 4.74 Å². The topological polar surface area (TPSA) is 9.23 Å². The Labute approximate surface area is 182 Å². The van der Waals surface area contributed by atoms with Gasteiger partial charge >= 0.3 is 12.3 Å². The molecule has 3 aromatic rings. The first-order valence-corrected chi connectivity index (χ1v) is 9.55. The minimum atomic E-state index is -4.87. The normalized spacial score (nSPS) is 12.7. The predicted octanol–water partition coefficient (Wildman–Crippen LogP) is 8.05. The Kier molecular flexibility index (Phi) is 6.67. The summed E-state index contributed by atoms with van der Waals surface area (Å²) in [7, 11) is 0. The van der Waals surface area contributed by atoms with E-state index in [1.165, 1.54) is 18.2 Å². The molecule has 0 N–H and O–H groups in total. The average molecular weight is 478 g/mol. The highest BCUT2D eigenvalue weighted by Gasteiger charge is 2.42. The Morgan fingerprint density at radius 1 is 0.848 bits per heavy atom. The zero-order valence-electron chi connectivity index (χ0n) is 16.8. The van der Waals surface area contributed by atoms with Crippen LogP contribution in [0.3, 0.4) is 0 Å². The van der Waals surface area contributed by atoms with E-state index in [1.807, 2.05) is 6.92 Å². The van der Waals surface area contributed by atoms with Crippen LogP contribution in [0.15, 0.2) is 42.5 Å². The maximum Gasteiger partial charge on any atom is 0.432 e. The molecule has 0 amide bonds. The molecular weight excluding hydrogens is 463 g/mol. The Morgan fingerprint density at radius 3 is 2.06 bits per heavy atom. The molecule has 0 unspecified atom stereocenters. The molecule has 1 nitrogen and oxygen atoms in total. The lowest BCUT2D eigenvalue weighted by Gasteiger charge is -2.20. The first kappa shape index (κ1) is 24.5. The van der Waals surface area contributed by atoms with E-state index in [2.05, 4.69) is 4.74 Å². The monoisotopic (exact) mass is 478 g/mol. The summed E-state index contributed by atoms with van der Waals surface area (Å²) < 4.78 is 127. The second-order valence-electron chi connectivity index (χ2n) is 7.15. The molecule has 10 heteroatoms. The summed E-state index contributed by atoms with van der Waals surface area (Å²) in [5, 5.41) is -0.284. The van der Waals surface area contributed by atoms with Gasteiger partial charge in [0.15, 0.2) is 0 Å². The Bertz CT molecular complexity index is 1190. The molecular formula is C23H15F9O. The summed E-state index contributed by atoms with van der Waals surface area (Å²) in [6.07, 6.45) is -8.60. The molecule has 0 saturated carbocycles. The van der Waals surface area contributed by atoms with Crippen molar-refractivity contribution in [2.75, 3.05) is 0 Å². The second kappa shape index (κ2) is 8.99. The van der Waals surface area contributed by atoms with Crippen molar-refractivity contribution in [2.24, 2.45) is 0 Å². The quantitative estimate of drug-likeness (QED) is 0.326. The minimum Gasteiger partial charge on any atom is -0.429 e. The van der Waals surface area contributed by atoms with Gasteiger partial charge in [-0.2, -0.15) is 22.0 Å². The molecule has 176 valence electrons. The number of hydrogen-bond donors (Lipinski definition) is 0. The molecule has 3 aromatic carbocycles. The molecule has 33 heavy (non-hydrogen) atoms. The molecule has 0 aliphatic heterocycles. The fourth-order valence-electron chi connectivity index (χ4n) is 3.25. The highest BCUT2D eigenvalue weighted by Crippen LogP contribution is 2.38. The van der Waals surface area contributed by atoms with Crippen LogP contribution in [0, 0.1) is 23.3 Å². The van der Waals surface area contributed by atoms with E-state index < -0.39 is 58.5 Å². The Balaban J connectivity index is 1.99. The molecule has 0 saturated heterocycles. The zero-order chi connectivity index (χ0) is 24.6. The maximum absolute atomic E-state index is 14.8. The van der Waals surface area contributed by atoms with E-state index in [1.54, 1.807) is 0 Å². The van der Waals surface area contributed by atoms with Crippen LogP contribution in [0.2, 0.25) is 0 Å². The van der Waals surface area contributed by atoms with Crippen LogP contribution >= 0.6 is 0 Å². The van der Waals surface area contributed by atoms with Crippen molar-refractivity contribution in [2.45, 2.75) is 32.1 Å². The van der Waals surface area contributed by atoms with E-state index in [9.17, 15) is 39.5 Å². The SMILES string of the molecule is CCCc1ccc2c(F)c(C(F)(F)Oc3cc(F)c(C=CC(F)(F)F)c(F)c3)c(F)cc2c1. The summed E-state index contributed by atoms with van der Waals surface area (Å²) >= 11 is 0. The summed E-state index contributed by atoms with van der Waals surface area (Å²) in [5.74, 6) is -7.75. The lowest BCUT2D eigenvalue weighted by Crippen LogP contribution is -2.25. The van der Waals surface area contributed by atoms with Gasteiger partial charge in [-0.25, -0.2) is 17.6 Å². The van der Waals surface area contributed by atoms with Gasteiger partial charge in [0.25, 0.3) is 0 Å². The second-order valence-corrected chi connectivity index (χ2v) is 7.15. The number of fused-ring (bicyclic) bond motifs is 1. The van der Waals surface area contributed by atoms with Gasteiger partial charge in [0.1, 0.15) is 34.6 Å². The molecule has 0 aromatic heterocycles. The summed E-state index contributed by atoms with van der Waals surface area (Å²) in [5.41, 5.74) is -2.20. The van der Waals surface area contributed by atoms with E-state index in [0.717, 1.165) is 12.0 Å². The first-order valence-electron chi connectivity index (χ1n) is 9.55. The third-order valence-corrected chi connectivity index (χ3v) is 4.66. The van der Waals surface area contributed by atoms with Gasteiger partial charge in [-0.3, -0.25) is 0 Å². The zero-order valence-corrected chi connectivity index (χ0v) is 16.8. The molecule has 0 aliphatic carbocycles. The van der Waals surface area contributed by atoms with Crippen molar-refractivity contribution < 1.29 is 44.3 Å². The fourth-order valence-corrected chi connectivity index (χ4v) is 3.25. The molecule has 0 radical (unpaired) electrons. The summed E-state index contributed by atoms with van der Waals surface area (Å²) in [4.78, 5) is 0. The van der Waals surface area contributed by atoms with Crippen molar-refractivity contribution in [1.82, 2.24) is 0 Å². The van der Waals surface area contributed by atoms with Crippen LogP contribution in [0.4, 0.5) is 39.5 Å². The maximum atomic E-state index is 14.8. The molecule has 0 aliphatic rings. The predicted molar refractivity (Wildman–Crippen MR) is 104 cm³/mol. The summed E-state index contributed by atoms with van der Waals surface area (Å²) in [6, 6.07) is 5.20. The third kappa shape index (κ3) is 5.43. The van der Waals surface area contributed by atoms with E-state index in [0.29, 0.717) is 12.5 Å². The molecule has 0 atom stereocenters. The number of rotatable bonds is 6. The first-order chi connectivity index (χ1) is 15.3. The van der Waals surface area contributed by atoms with Crippen LogP contribution in [0.25, 0.3) is 16.8 Å². The van der Waals surface area contributed by atoms with E-state index >= 15 is 0 Å². The largest absolute Gasteiger partial charge is 0.432 e. The Morgan fingerprint density at radius 2 is 1.48 bits per heavy atom. The van der Waals surface area contributed by atoms with Crippen LogP contribution in [-0.2, 0) is 12.5 Å². The smallest absolute Gasteiger partial charge is 0.429 e. The van der Waals surface area contributed by atoms with Crippen molar-refractivity contribution >= 4 is 16.8 Å². The Hall–Kier alpha value is -3.17. The molecule has 3 rings (SSSR count). The average Bonchev–Trinajstić information content (AvgIpc) is 2.65. The van der Waals surface area contributed by atoms with Crippen molar-refractivity contribution in [3.8, 4) is 5.75 Å². The lowest BCUT2D eigenvalue weighted by molar-refractivity contribution is -0.189. The van der Waals surface area contributed by atoms with Crippen LogP contribution in [0.1, 0.15) is 30.0 Å². The minimum absolute atomic E-state index is 0.0355. The number of ether oxygens (including phenoxy) is 1. The van der Waals surface area contributed by atoms with Crippen molar-refractivity contribution in [3.63, 3.8) is 0 Å². The van der Waals surface area contributed by atoms with Crippen LogP contribution in [-0.4, -0.2) is 6.18 Å². The van der Waals surface area contributed by atoms with E-state index in [4.69, 9.17) is 0 Å². The van der Waals surface area contributed by atoms with Gasteiger partial charge in [-0.05, 0) is 29.5 Å². The molecule has 0 spiro atoms. The lowest BCUT2D eigenvalue weighted by atomic mass is 10.0. The van der Waals surface area contributed by atoms with Gasteiger partial charge in [-0.15, -0.1) is 0 Å². The van der Waals surface area contributed by atoms with Crippen molar-refractivity contribution in [3.05, 3.63) is 82.4 Å². The molecule has 0 fully saturated rings.